The van der Waals surface area contributed by atoms with Crippen molar-refractivity contribution in [2.24, 2.45) is 0 Å². The second-order valence-electron chi connectivity index (χ2n) is 6.89. The van der Waals surface area contributed by atoms with Crippen molar-refractivity contribution >= 4 is 28.6 Å². The Balaban J connectivity index is 1.39. The summed E-state index contributed by atoms with van der Waals surface area (Å²) < 4.78 is 6.28. The predicted octanol–water partition coefficient (Wildman–Crippen LogP) is 5.96. The molecular weight excluding hydrogens is 376 g/mol. The van der Waals surface area contributed by atoms with Crippen LogP contribution in [0.3, 0.4) is 0 Å². The van der Waals surface area contributed by atoms with E-state index in [1.165, 1.54) is 10.6 Å². The Bertz CT molecular complexity index is 879. The van der Waals surface area contributed by atoms with Crippen molar-refractivity contribution in [1.82, 2.24) is 4.98 Å². The number of rotatable bonds is 5. The van der Waals surface area contributed by atoms with Crippen LogP contribution in [0.25, 0.3) is 10.6 Å². The Morgan fingerprint density at radius 2 is 1.93 bits per heavy atom. The molecule has 0 aliphatic carbocycles. The van der Waals surface area contributed by atoms with E-state index in [0.29, 0.717) is 6.61 Å². The monoisotopic (exact) mass is 398 g/mol. The minimum Gasteiger partial charge on any atom is -0.371 e. The normalized spacial score (nSPS) is 17.3. The standard InChI is InChI=1S/C22H23ClN2OS/c1-16-21(27-22(24-16)17-9-11-18(23)12-10-17)15-26-20-8-5-13-25(14-20)19-6-3-2-4-7-19/h2-4,6-7,9-12,20H,5,8,13-15H2,1H3. The van der Waals surface area contributed by atoms with Crippen LogP contribution in [0.5, 0.6) is 0 Å². The molecule has 4 rings (SSSR count). The number of anilines is 1. The fourth-order valence-corrected chi connectivity index (χ4v) is 4.54. The number of piperidine rings is 1. The summed E-state index contributed by atoms with van der Waals surface area (Å²) in [5.74, 6) is 0. The van der Waals surface area contributed by atoms with E-state index in [4.69, 9.17) is 21.3 Å². The van der Waals surface area contributed by atoms with Crippen LogP contribution in [0.2, 0.25) is 5.02 Å². The van der Waals surface area contributed by atoms with E-state index >= 15 is 0 Å². The van der Waals surface area contributed by atoms with Gasteiger partial charge in [0.15, 0.2) is 0 Å². The van der Waals surface area contributed by atoms with Crippen LogP contribution in [0.1, 0.15) is 23.4 Å². The maximum atomic E-state index is 6.28. The van der Waals surface area contributed by atoms with Gasteiger partial charge in [-0.15, -0.1) is 11.3 Å². The van der Waals surface area contributed by atoms with Crippen LogP contribution < -0.4 is 4.90 Å². The molecule has 2 heterocycles. The highest BCUT2D eigenvalue weighted by Gasteiger charge is 2.21. The number of ether oxygens (including phenoxy) is 1. The van der Waals surface area contributed by atoms with Crippen LogP contribution in [0.4, 0.5) is 5.69 Å². The molecule has 0 radical (unpaired) electrons. The highest BCUT2D eigenvalue weighted by molar-refractivity contribution is 7.15. The highest BCUT2D eigenvalue weighted by Crippen LogP contribution is 2.30. The Morgan fingerprint density at radius 3 is 2.70 bits per heavy atom. The van der Waals surface area contributed by atoms with Crippen molar-refractivity contribution in [3.63, 3.8) is 0 Å². The molecule has 3 nitrogen and oxygen atoms in total. The van der Waals surface area contributed by atoms with Crippen LogP contribution >= 0.6 is 22.9 Å². The van der Waals surface area contributed by atoms with Gasteiger partial charge < -0.3 is 9.64 Å². The number of hydrogen-bond donors (Lipinski definition) is 0. The summed E-state index contributed by atoms with van der Waals surface area (Å²) in [6, 6.07) is 18.5. The summed E-state index contributed by atoms with van der Waals surface area (Å²) in [7, 11) is 0. The maximum absolute atomic E-state index is 6.28. The van der Waals surface area contributed by atoms with Gasteiger partial charge in [-0.2, -0.15) is 0 Å². The molecule has 140 valence electrons. The van der Waals surface area contributed by atoms with Crippen molar-refractivity contribution in [2.45, 2.75) is 32.5 Å². The summed E-state index contributed by atoms with van der Waals surface area (Å²) in [6.45, 7) is 4.74. The van der Waals surface area contributed by atoms with Gasteiger partial charge in [0.05, 0.1) is 23.3 Å². The number of thiazole rings is 1. The van der Waals surface area contributed by atoms with Crippen LogP contribution in [-0.2, 0) is 11.3 Å². The SMILES string of the molecule is Cc1nc(-c2ccc(Cl)cc2)sc1COC1CCCN(c2ccccc2)C1. The third-order valence-corrected chi connectivity index (χ3v) is 6.37. The quantitative estimate of drug-likeness (QED) is 0.530. The average Bonchev–Trinajstić information content (AvgIpc) is 3.08. The molecule has 0 saturated carbocycles. The maximum Gasteiger partial charge on any atom is 0.123 e. The number of benzene rings is 2. The smallest absolute Gasteiger partial charge is 0.123 e. The lowest BCUT2D eigenvalue weighted by molar-refractivity contribution is 0.0327. The molecule has 27 heavy (non-hydrogen) atoms. The lowest BCUT2D eigenvalue weighted by Crippen LogP contribution is -2.39. The first kappa shape index (κ1) is 18.5. The Kier molecular flexibility index (Phi) is 5.77. The van der Waals surface area contributed by atoms with Crippen LogP contribution in [0.15, 0.2) is 54.6 Å². The summed E-state index contributed by atoms with van der Waals surface area (Å²) >= 11 is 7.70. The molecule has 2 aromatic carbocycles. The molecule has 1 fully saturated rings. The van der Waals surface area contributed by atoms with Gasteiger partial charge in [0.2, 0.25) is 0 Å². The van der Waals surface area contributed by atoms with Crippen molar-refractivity contribution in [3.05, 3.63) is 70.2 Å². The largest absolute Gasteiger partial charge is 0.371 e. The molecule has 1 unspecified atom stereocenters. The number of halogens is 1. The van der Waals surface area contributed by atoms with E-state index in [0.717, 1.165) is 47.2 Å². The fourth-order valence-electron chi connectivity index (χ4n) is 3.42. The zero-order chi connectivity index (χ0) is 18.6. The minimum atomic E-state index is 0.263. The van der Waals surface area contributed by atoms with E-state index in [9.17, 15) is 0 Å². The minimum absolute atomic E-state index is 0.263. The molecule has 1 aliphatic rings. The van der Waals surface area contributed by atoms with Crippen molar-refractivity contribution in [3.8, 4) is 10.6 Å². The van der Waals surface area contributed by atoms with Gasteiger partial charge >= 0.3 is 0 Å². The van der Waals surface area contributed by atoms with E-state index in [1.54, 1.807) is 11.3 Å². The fraction of sp³-hybridized carbons (Fsp3) is 0.318. The van der Waals surface area contributed by atoms with Gasteiger partial charge in [-0.25, -0.2) is 4.98 Å². The van der Waals surface area contributed by atoms with Gasteiger partial charge in [-0.05, 0) is 44.0 Å². The van der Waals surface area contributed by atoms with Gasteiger partial charge in [0.1, 0.15) is 5.01 Å². The summed E-state index contributed by atoms with van der Waals surface area (Å²) in [5, 5.41) is 1.77. The molecule has 0 spiro atoms. The molecule has 1 aromatic heterocycles. The zero-order valence-electron chi connectivity index (χ0n) is 15.4. The number of nitrogens with zero attached hydrogens (tertiary/aromatic N) is 2. The van der Waals surface area contributed by atoms with Crippen LogP contribution in [0, 0.1) is 6.92 Å². The lowest BCUT2D eigenvalue weighted by atomic mass is 10.1. The Hall–Kier alpha value is -1.88. The number of para-hydroxylation sites is 1. The molecule has 1 aliphatic heterocycles. The van der Waals surface area contributed by atoms with E-state index in [-0.39, 0.29) is 6.10 Å². The van der Waals surface area contributed by atoms with Gasteiger partial charge in [0, 0.05) is 29.4 Å². The molecular formula is C22H23ClN2OS. The molecule has 1 saturated heterocycles. The van der Waals surface area contributed by atoms with Gasteiger partial charge in [0.25, 0.3) is 0 Å². The van der Waals surface area contributed by atoms with E-state index in [1.807, 2.05) is 24.3 Å². The van der Waals surface area contributed by atoms with Crippen molar-refractivity contribution in [1.29, 1.82) is 0 Å². The summed E-state index contributed by atoms with van der Waals surface area (Å²) in [5.41, 5.74) is 3.44. The van der Waals surface area contributed by atoms with Crippen molar-refractivity contribution < 1.29 is 4.74 Å². The van der Waals surface area contributed by atoms with Crippen molar-refractivity contribution in [2.75, 3.05) is 18.0 Å². The number of aromatic nitrogens is 1. The summed E-state index contributed by atoms with van der Waals surface area (Å²) in [6.07, 6.45) is 2.54. The predicted molar refractivity (Wildman–Crippen MR) is 114 cm³/mol. The molecule has 1 atom stereocenters. The third-order valence-electron chi connectivity index (χ3n) is 4.93. The second-order valence-corrected chi connectivity index (χ2v) is 8.41. The third kappa shape index (κ3) is 4.52. The first-order chi connectivity index (χ1) is 13.2. The number of aryl methyl sites for hydroxylation is 1. The Labute approximate surface area is 169 Å². The lowest BCUT2D eigenvalue weighted by Gasteiger charge is -2.34. The highest BCUT2D eigenvalue weighted by atomic mass is 35.5. The zero-order valence-corrected chi connectivity index (χ0v) is 17.0. The topological polar surface area (TPSA) is 25.4 Å². The Morgan fingerprint density at radius 1 is 1.15 bits per heavy atom. The first-order valence-electron chi connectivity index (χ1n) is 9.33. The molecule has 3 aromatic rings. The molecule has 5 heteroatoms. The summed E-state index contributed by atoms with van der Waals surface area (Å²) in [4.78, 5) is 8.35. The van der Waals surface area contributed by atoms with Crippen LogP contribution in [-0.4, -0.2) is 24.2 Å². The molecule has 0 bridgehead atoms. The molecule has 0 amide bonds. The average molecular weight is 399 g/mol. The first-order valence-corrected chi connectivity index (χ1v) is 10.5. The van der Waals surface area contributed by atoms with E-state index < -0.39 is 0 Å². The van der Waals surface area contributed by atoms with Gasteiger partial charge in [-0.1, -0.05) is 41.9 Å². The second kappa shape index (κ2) is 8.42. The number of hydrogen-bond acceptors (Lipinski definition) is 4. The van der Waals surface area contributed by atoms with E-state index in [2.05, 4.69) is 42.2 Å². The molecule has 0 N–H and O–H groups in total. The van der Waals surface area contributed by atoms with Gasteiger partial charge in [-0.3, -0.25) is 0 Å².